The Kier molecular flexibility index (Phi) is 5.02. The Balaban J connectivity index is 1.65. The molecule has 0 aliphatic carbocycles. The monoisotopic (exact) mass is 409 g/mol. The molecule has 29 heavy (non-hydrogen) atoms. The molecule has 1 aliphatic heterocycles. The van der Waals surface area contributed by atoms with E-state index in [1.165, 1.54) is 29.5 Å². The minimum Gasteiger partial charge on any atom is -0.504 e. The molecule has 3 aromatic rings. The van der Waals surface area contributed by atoms with Crippen molar-refractivity contribution in [3.05, 3.63) is 75.1 Å². The summed E-state index contributed by atoms with van der Waals surface area (Å²) in [6.45, 7) is 2.02. The molecule has 0 spiro atoms. The van der Waals surface area contributed by atoms with E-state index in [1.54, 1.807) is 6.07 Å². The predicted molar refractivity (Wildman–Crippen MR) is 110 cm³/mol. The maximum absolute atomic E-state index is 12.8. The fourth-order valence-electron chi connectivity index (χ4n) is 3.30. The van der Waals surface area contributed by atoms with E-state index in [-0.39, 0.29) is 35.2 Å². The first-order chi connectivity index (χ1) is 13.9. The van der Waals surface area contributed by atoms with Crippen molar-refractivity contribution in [3.8, 4) is 11.5 Å². The summed E-state index contributed by atoms with van der Waals surface area (Å²) in [6.07, 6.45) is 0.0534. The van der Waals surface area contributed by atoms with Gasteiger partial charge >= 0.3 is 0 Å². The van der Waals surface area contributed by atoms with Crippen LogP contribution in [0.25, 0.3) is 0 Å². The van der Waals surface area contributed by atoms with E-state index in [0.717, 1.165) is 5.56 Å². The van der Waals surface area contributed by atoms with Crippen LogP contribution < -0.4 is 10.9 Å². The van der Waals surface area contributed by atoms with Crippen LogP contribution in [-0.4, -0.2) is 26.1 Å². The Labute approximate surface area is 170 Å². The van der Waals surface area contributed by atoms with Gasteiger partial charge in [-0.05, 0) is 30.2 Å². The molecule has 1 aliphatic rings. The number of carbonyl (C=O) groups excluding carboxylic acids is 1. The summed E-state index contributed by atoms with van der Waals surface area (Å²) in [5.74, 6) is -0.520. The van der Waals surface area contributed by atoms with Gasteiger partial charge in [0, 0.05) is 18.1 Å². The van der Waals surface area contributed by atoms with Gasteiger partial charge in [0.05, 0.1) is 5.56 Å². The first-order valence-corrected chi connectivity index (χ1v) is 10.0. The number of aryl methyl sites for hydroxylation is 1. The van der Waals surface area contributed by atoms with Gasteiger partial charge in [0.2, 0.25) is 5.91 Å². The maximum atomic E-state index is 12.8. The number of aromatic hydroxyl groups is 2. The number of rotatable bonds is 4. The minimum absolute atomic E-state index is 0.0534. The number of phenols is 2. The molecule has 2 heterocycles. The van der Waals surface area contributed by atoms with Crippen LogP contribution in [0.2, 0.25) is 0 Å². The third-order valence-corrected chi connectivity index (χ3v) is 5.77. The first kappa shape index (κ1) is 19.1. The van der Waals surface area contributed by atoms with Crippen molar-refractivity contribution in [3.63, 3.8) is 0 Å². The van der Waals surface area contributed by atoms with Crippen LogP contribution in [0, 0.1) is 6.92 Å². The van der Waals surface area contributed by atoms with Crippen molar-refractivity contribution in [2.75, 3.05) is 5.32 Å². The SMILES string of the molecule is Cc1ccc(CSc2nc3c(c(=O)[nH]2)C(c2ccc(O)c(O)c2)CC(=O)N3)cc1. The number of fused-ring (bicyclic) bond motifs is 1. The zero-order valence-corrected chi connectivity index (χ0v) is 16.4. The van der Waals surface area contributed by atoms with Crippen molar-refractivity contribution in [1.29, 1.82) is 0 Å². The molecule has 1 amide bonds. The summed E-state index contributed by atoms with van der Waals surface area (Å²) in [4.78, 5) is 32.3. The molecular formula is C21H19N3O4S. The molecule has 0 radical (unpaired) electrons. The van der Waals surface area contributed by atoms with Gasteiger partial charge in [0.15, 0.2) is 16.7 Å². The first-order valence-electron chi connectivity index (χ1n) is 9.05. The second-order valence-electron chi connectivity index (χ2n) is 6.96. The molecular weight excluding hydrogens is 390 g/mol. The molecule has 1 unspecified atom stereocenters. The number of H-pyrrole nitrogens is 1. The van der Waals surface area contributed by atoms with E-state index < -0.39 is 5.92 Å². The van der Waals surface area contributed by atoms with Crippen molar-refractivity contribution in [1.82, 2.24) is 9.97 Å². The highest BCUT2D eigenvalue weighted by Crippen LogP contribution is 2.37. The van der Waals surface area contributed by atoms with Crippen LogP contribution in [0.15, 0.2) is 52.4 Å². The van der Waals surface area contributed by atoms with E-state index in [2.05, 4.69) is 15.3 Å². The van der Waals surface area contributed by atoms with Crippen LogP contribution in [0.1, 0.15) is 34.6 Å². The van der Waals surface area contributed by atoms with Crippen LogP contribution in [-0.2, 0) is 10.5 Å². The van der Waals surface area contributed by atoms with Gasteiger partial charge < -0.3 is 20.5 Å². The summed E-state index contributed by atoms with van der Waals surface area (Å²) >= 11 is 1.38. The summed E-state index contributed by atoms with van der Waals surface area (Å²) in [6, 6.07) is 12.4. The molecule has 0 saturated heterocycles. The third-order valence-electron chi connectivity index (χ3n) is 4.83. The molecule has 8 heteroatoms. The van der Waals surface area contributed by atoms with Crippen molar-refractivity contribution >= 4 is 23.5 Å². The average molecular weight is 409 g/mol. The number of hydrogen-bond acceptors (Lipinski definition) is 6. The Bertz CT molecular complexity index is 1140. The summed E-state index contributed by atoms with van der Waals surface area (Å²) in [5.41, 5.74) is 2.84. The number of aromatic nitrogens is 2. The second-order valence-corrected chi connectivity index (χ2v) is 7.92. The van der Waals surface area contributed by atoms with Gasteiger partial charge in [-0.25, -0.2) is 4.98 Å². The quantitative estimate of drug-likeness (QED) is 0.299. The van der Waals surface area contributed by atoms with Gasteiger partial charge in [-0.1, -0.05) is 47.7 Å². The summed E-state index contributed by atoms with van der Waals surface area (Å²) < 4.78 is 0. The molecule has 1 atom stereocenters. The molecule has 2 aromatic carbocycles. The van der Waals surface area contributed by atoms with Crippen molar-refractivity contribution in [2.24, 2.45) is 0 Å². The zero-order valence-electron chi connectivity index (χ0n) is 15.6. The van der Waals surface area contributed by atoms with Crippen LogP contribution in [0.4, 0.5) is 5.82 Å². The lowest BCUT2D eigenvalue weighted by atomic mass is 9.86. The largest absolute Gasteiger partial charge is 0.504 e. The minimum atomic E-state index is -0.558. The lowest BCUT2D eigenvalue weighted by Crippen LogP contribution is -2.31. The number of amides is 1. The molecule has 4 rings (SSSR count). The van der Waals surface area contributed by atoms with E-state index in [0.29, 0.717) is 22.0 Å². The van der Waals surface area contributed by atoms with E-state index in [4.69, 9.17) is 0 Å². The normalized spacial score (nSPS) is 15.6. The number of aromatic amines is 1. The number of nitrogens with zero attached hydrogens (tertiary/aromatic N) is 1. The third kappa shape index (κ3) is 3.97. The Morgan fingerprint density at radius 2 is 1.86 bits per heavy atom. The van der Waals surface area contributed by atoms with Gasteiger partial charge in [-0.2, -0.15) is 0 Å². The molecule has 148 valence electrons. The Morgan fingerprint density at radius 3 is 2.59 bits per heavy atom. The standard InChI is InChI=1S/C21H19N3O4S/c1-11-2-4-12(5-3-11)10-29-21-23-19-18(20(28)24-21)14(9-17(27)22-19)13-6-7-15(25)16(26)8-13/h2-8,14,25-26H,9-10H2,1H3,(H2,22,23,24,27,28). The highest BCUT2D eigenvalue weighted by molar-refractivity contribution is 7.98. The lowest BCUT2D eigenvalue weighted by molar-refractivity contribution is -0.116. The van der Waals surface area contributed by atoms with Gasteiger partial charge in [-0.15, -0.1) is 0 Å². The van der Waals surface area contributed by atoms with E-state index in [9.17, 15) is 19.8 Å². The summed E-state index contributed by atoms with van der Waals surface area (Å²) in [7, 11) is 0. The fourth-order valence-corrected chi connectivity index (χ4v) is 4.11. The fraction of sp³-hybridized carbons (Fsp3) is 0.190. The highest BCUT2D eigenvalue weighted by atomic mass is 32.2. The number of carbonyl (C=O) groups is 1. The van der Waals surface area contributed by atoms with E-state index in [1.807, 2.05) is 31.2 Å². The topological polar surface area (TPSA) is 115 Å². The van der Waals surface area contributed by atoms with E-state index >= 15 is 0 Å². The second kappa shape index (κ2) is 7.63. The number of anilines is 1. The molecule has 0 fully saturated rings. The zero-order chi connectivity index (χ0) is 20.5. The smallest absolute Gasteiger partial charge is 0.257 e. The molecule has 0 saturated carbocycles. The van der Waals surface area contributed by atoms with Crippen LogP contribution in [0.5, 0.6) is 11.5 Å². The van der Waals surface area contributed by atoms with Gasteiger partial charge in [0.25, 0.3) is 5.56 Å². The van der Waals surface area contributed by atoms with Crippen molar-refractivity contribution in [2.45, 2.75) is 30.2 Å². The van der Waals surface area contributed by atoms with Crippen LogP contribution in [0.3, 0.4) is 0 Å². The molecule has 7 nitrogen and oxygen atoms in total. The molecule has 1 aromatic heterocycles. The number of nitrogens with one attached hydrogen (secondary N) is 2. The van der Waals surface area contributed by atoms with Crippen LogP contribution >= 0.6 is 11.8 Å². The number of hydrogen-bond donors (Lipinski definition) is 4. The van der Waals surface area contributed by atoms with Gasteiger partial charge in [-0.3, -0.25) is 9.59 Å². The lowest BCUT2D eigenvalue weighted by Gasteiger charge is -2.24. The molecule has 4 N–H and O–H groups in total. The van der Waals surface area contributed by atoms with Gasteiger partial charge in [0.1, 0.15) is 5.82 Å². The number of benzene rings is 2. The Hall–Kier alpha value is -3.26. The maximum Gasteiger partial charge on any atom is 0.257 e. The highest BCUT2D eigenvalue weighted by Gasteiger charge is 2.31. The predicted octanol–water partition coefficient (Wildman–Crippen LogP) is 3.26. The Morgan fingerprint density at radius 1 is 1.10 bits per heavy atom. The number of thioether (sulfide) groups is 1. The van der Waals surface area contributed by atoms with Crippen molar-refractivity contribution < 1.29 is 15.0 Å². The average Bonchev–Trinajstić information content (AvgIpc) is 2.68. The number of phenolic OH excluding ortho intramolecular Hbond substituents is 2. The summed E-state index contributed by atoms with van der Waals surface area (Å²) in [5, 5.41) is 22.4. The molecule has 0 bridgehead atoms.